The second kappa shape index (κ2) is 5.50. The summed E-state index contributed by atoms with van der Waals surface area (Å²) in [6.07, 6.45) is 1.77. The van der Waals surface area contributed by atoms with Crippen molar-refractivity contribution in [3.63, 3.8) is 0 Å². The molecule has 0 aliphatic carbocycles. The van der Waals surface area contributed by atoms with E-state index < -0.39 is 10.0 Å². The summed E-state index contributed by atoms with van der Waals surface area (Å²) in [5.41, 5.74) is 8.37. The molecule has 0 aromatic heterocycles. The maximum absolute atomic E-state index is 12.8. The molecule has 3 rings (SSSR count). The van der Waals surface area contributed by atoms with E-state index in [2.05, 4.69) is 0 Å². The van der Waals surface area contributed by atoms with Gasteiger partial charge in [-0.25, -0.2) is 8.42 Å². The van der Waals surface area contributed by atoms with E-state index in [-0.39, 0.29) is 0 Å². The minimum atomic E-state index is -3.51. The summed E-state index contributed by atoms with van der Waals surface area (Å²) >= 11 is 0. The van der Waals surface area contributed by atoms with E-state index in [0.29, 0.717) is 18.0 Å². The van der Waals surface area contributed by atoms with E-state index in [0.717, 1.165) is 29.7 Å². The summed E-state index contributed by atoms with van der Waals surface area (Å²) in [4.78, 5) is 0.316. The van der Waals surface area contributed by atoms with Crippen molar-refractivity contribution in [1.29, 1.82) is 0 Å². The lowest BCUT2D eigenvalue weighted by molar-refractivity contribution is 0.586. The molecule has 0 bridgehead atoms. The highest BCUT2D eigenvalue weighted by molar-refractivity contribution is 7.92. The van der Waals surface area contributed by atoms with Crippen LogP contribution < -0.4 is 10.0 Å². The predicted molar refractivity (Wildman–Crippen MR) is 83.6 cm³/mol. The van der Waals surface area contributed by atoms with Gasteiger partial charge in [0.1, 0.15) is 0 Å². The number of rotatable bonds is 3. The molecule has 21 heavy (non-hydrogen) atoms. The first-order valence-electron chi connectivity index (χ1n) is 7.02. The van der Waals surface area contributed by atoms with Gasteiger partial charge in [0.05, 0.1) is 10.6 Å². The van der Waals surface area contributed by atoms with Crippen molar-refractivity contribution >= 4 is 15.7 Å². The Morgan fingerprint density at radius 2 is 1.76 bits per heavy atom. The lowest BCUT2D eigenvalue weighted by atomic mass is 10.0. The molecule has 2 aromatic carbocycles. The van der Waals surface area contributed by atoms with Crippen molar-refractivity contribution in [2.24, 2.45) is 5.73 Å². The lowest BCUT2D eigenvalue weighted by Gasteiger charge is -2.30. The Bertz CT molecular complexity index is 739. The molecular formula is C16H18N2O2S. The highest BCUT2D eigenvalue weighted by Gasteiger charge is 2.28. The minimum Gasteiger partial charge on any atom is -0.326 e. The highest BCUT2D eigenvalue weighted by atomic mass is 32.2. The molecule has 1 heterocycles. The number of nitrogens with zero attached hydrogens (tertiary/aromatic N) is 1. The summed E-state index contributed by atoms with van der Waals surface area (Å²) in [7, 11) is -3.51. The van der Waals surface area contributed by atoms with Gasteiger partial charge in [0.2, 0.25) is 0 Å². The van der Waals surface area contributed by atoms with Crippen molar-refractivity contribution in [3.8, 4) is 0 Å². The maximum atomic E-state index is 12.8. The molecule has 110 valence electrons. The van der Waals surface area contributed by atoms with E-state index in [1.54, 1.807) is 24.3 Å². The number of benzene rings is 2. The first kappa shape index (κ1) is 14.1. The zero-order valence-corrected chi connectivity index (χ0v) is 12.5. The highest BCUT2D eigenvalue weighted by Crippen LogP contribution is 2.31. The topological polar surface area (TPSA) is 63.4 Å². The average molecular weight is 302 g/mol. The Hall–Kier alpha value is -1.85. The molecule has 1 aliphatic rings. The van der Waals surface area contributed by atoms with Crippen LogP contribution in [0.15, 0.2) is 53.4 Å². The predicted octanol–water partition coefficient (Wildman–Crippen LogP) is 2.29. The molecule has 2 N–H and O–H groups in total. The molecule has 1 aliphatic heterocycles. The summed E-state index contributed by atoms with van der Waals surface area (Å²) in [5.74, 6) is 0. The van der Waals surface area contributed by atoms with Crippen molar-refractivity contribution < 1.29 is 8.42 Å². The maximum Gasteiger partial charge on any atom is 0.264 e. The van der Waals surface area contributed by atoms with Crippen LogP contribution >= 0.6 is 0 Å². The molecule has 2 aromatic rings. The van der Waals surface area contributed by atoms with Gasteiger partial charge < -0.3 is 5.73 Å². The Balaban J connectivity index is 2.02. The third-order valence-electron chi connectivity index (χ3n) is 3.81. The van der Waals surface area contributed by atoms with Crippen LogP contribution in [0.1, 0.15) is 17.5 Å². The number of para-hydroxylation sites is 1. The van der Waals surface area contributed by atoms with Gasteiger partial charge in [0.15, 0.2) is 0 Å². The third-order valence-corrected chi connectivity index (χ3v) is 5.64. The Morgan fingerprint density at radius 1 is 1.05 bits per heavy atom. The molecule has 0 fully saturated rings. The van der Waals surface area contributed by atoms with E-state index >= 15 is 0 Å². The molecule has 0 unspecified atom stereocenters. The van der Waals surface area contributed by atoms with Crippen LogP contribution in [0.5, 0.6) is 0 Å². The van der Waals surface area contributed by atoms with Gasteiger partial charge in [-0.3, -0.25) is 4.31 Å². The van der Waals surface area contributed by atoms with Gasteiger partial charge in [-0.2, -0.15) is 0 Å². The second-order valence-corrected chi connectivity index (χ2v) is 7.02. The normalized spacial score (nSPS) is 14.8. The van der Waals surface area contributed by atoms with Gasteiger partial charge in [-0.1, -0.05) is 30.3 Å². The Kier molecular flexibility index (Phi) is 3.69. The van der Waals surface area contributed by atoms with Crippen LogP contribution in [-0.2, 0) is 23.0 Å². The Labute approximate surface area is 125 Å². The van der Waals surface area contributed by atoms with Crippen molar-refractivity contribution in [2.45, 2.75) is 24.3 Å². The molecule has 0 saturated carbocycles. The number of fused-ring (bicyclic) bond motifs is 1. The van der Waals surface area contributed by atoms with Crippen LogP contribution in [0.3, 0.4) is 0 Å². The number of nitrogens with two attached hydrogens (primary N) is 1. The van der Waals surface area contributed by atoms with Gasteiger partial charge in [-0.15, -0.1) is 0 Å². The zero-order valence-electron chi connectivity index (χ0n) is 11.7. The monoisotopic (exact) mass is 302 g/mol. The van der Waals surface area contributed by atoms with Crippen LogP contribution in [0.2, 0.25) is 0 Å². The van der Waals surface area contributed by atoms with Gasteiger partial charge in [0.25, 0.3) is 10.0 Å². The fourth-order valence-electron chi connectivity index (χ4n) is 2.67. The van der Waals surface area contributed by atoms with Gasteiger partial charge in [-0.05, 0) is 42.2 Å². The Morgan fingerprint density at radius 3 is 2.48 bits per heavy atom. The smallest absolute Gasteiger partial charge is 0.264 e. The van der Waals surface area contributed by atoms with Crippen LogP contribution in [0, 0.1) is 0 Å². The minimum absolute atomic E-state index is 0.316. The molecule has 4 nitrogen and oxygen atoms in total. The van der Waals surface area contributed by atoms with Crippen LogP contribution in [0.4, 0.5) is 5.69 Å². The van der Waals surface area contributed by atoms with Crippen LogP contribution in [-0.4, -0.2) is 15.0 Å². The zero-order chi connectivity index (χ0) is 14.9. The fraction of sp³-hybridized carbons (Fsp3) is 0.250. The molecule has 0 amide bonds. The lowest BCUT2D eigenvalue weighted by Crippen LogP contribution is -2.35. The molecule has 0 saturated heterocycles. The standard InChI is InChI=1S/C16H18N2O2S/c17-12-13-7-9-15(10-8-13)21(19,20)18-11-3-5-14-4-1-2-6-16(14)18/h1-2,4,6-10H,3,5,11-12,17H2. The quantitative estimate of drug-likeness (QED) is 0.946. The van der Waals surface area contributed by atoms with Crippen molar-refractivity contribution in [1.82, 2.24) is 0 Å². The number of sulfonamides is 1. The first-order valence-corrected chi connectivity index (χ1v) is 8.46. The molecule has 5 heteroatoms. The number of hydrogen-bond donors (Lipinski definition) is 1. The van der Waals surface area contributed by atoms with Crippen molar-refractivity contribution in [2.75, 3.05) is 10.8 Å². The summed E-state index contributed by atoms with van der Waals surface area (Å²) in [5, 5.41) is 0. The molecular weight excluding hydrogens is 284 g/mol. The summed E-state index contributed by atoms with van der Waals surface area (Å²) < 4.78 is 27.2. The largest absolute Gasteiger partial charge is 0.326 e. The third kappa shape index (κ3) is 2.54. The SMILES string of the molecule is NCc1ccc(S(=O)(=O)N2CCCc3ccccc32)cc1. The van der Waals surface area contributed by atoms with Crippen LogP contribution in [0.25, 0.3) is 0 Å². The van der Waals surface area contributed by atoms with E-state index in [9.17, 15) is 8.42 Å². The average Bonchev–Trinajstić information content (AvgIpc) is 2.54. The molecule has 0 spiro atoms. The van der Waals surface area contributed by atoms with Crippen molar-refractivity contribution in [3.05, 3.63) is 59.7 Å². The first-order chi connectivity index (χ1) is 10.1. The molecule has 0 radical (unpaired) electrons. The van der Waals surface area contributed by atoms with Gasteiger partial charge >= 0.3 is 0 Å². The number of aryl methyl sites for hydroxylation is 1. The second-order valence-electron chi connectivity index (χ2n) is 5.16. The molecule has 0 atom stereocenters. The van der Waals surface area contributed by atoms with Gasteiger partial charge in [0, 0.05) is 13.1 Å². The van der Waals surface area contributed by atoms with E-state index in [1.165, 1.54) is 4.31 Å². The van der Waals surface area contributed by atoms with E-state index in [1.807, 2.05) is 24.3 Å². The fourth-order valence-corrected chi connectivity index (χ4v) is 4.21. The summed E-state index contributed by atoms with van der Waals surface area (Å²) in [6.45, 7) is 0.935. The number of hydrogen-bond acceptors (Lipinski definition) is 3. The van der Waals surface area contributed by atoms with E-state index in [4.69, 9.17) is 5.73 Å². The summed E-state index contributed by atoms with van der Waals surface area (Å²) in [6, 6.07) is 14.5. The number of anilines is 1.